The number of alkyl halides is 3. The monoisotopic (exact) mass is 535 g/mol. The average molecular weight is 535 g/mol. The molecular weight excluding hydrogens is 513 g/mol. The molecule has 8 nitrogen and oxygen atoms in total. The van der Waals surface area contributed by atoms with Crippen molar-refractivity contribution in [2.75, 3.05) is 18.5 Å². The number of halogens is 5. The maximum atomic E-state index is 14.8. The van der Waals surface area contributed by atoms with E-state index in [2.05, 4.69) is 25.9 Å². The molecule has 1 aromatic heterocycles. The predicted molar refractivity (Wildman–Crippen MR) is 125 cm³/mol. The molecule has 2 amide bonds. The van der Waals surface area contributed by atoms with Crippen molar-refractivity contribution in [3.05, 3.63) is 82.9 Å². The van der Waals surface area contributed by atoms with Crippen molar-refractivity contribution < 1.29 is 36.3 Å². The highest BCUT2D eigenvalue weighted by Crippen LogP contribution is 2.37. The average Bonchev–Trinajstić information content (AvgIpc) is 3.34. The van der Waals surface area contributed by atoms with Crippen molar-refractivity contribution in [2.45, 2.75) is 31.6 Å². The number of nitrogens with zero attached hydrogens (tertiary/aromatic N) is 2. The first kappa shape index (κ1) is 26.9. The zero-order chi connectivity index (χ0) is 27.5. The number of aryl methyl sites for hydroxylation is 1. The number of aromatic nitrogens is 2. The Morgan fingerprint density at radius 3 is 2.45 bits per heavy atom. The largest absolute Gasteiger partial charge is 0.418 e. The Kier molecular flexibility index (Phi) is 7.58. The lowest BCUT2D eigenvalue weighted by molar-refractivity contribution is -0.137. The Morgan fingerprint density at radius 2 is 1.82 bits per heavy atom. The molecule has 0 radical (unpaired) electrons. The molecule has 0 bridgehead atoms. The normalized spacial score (nSPS) is 17.2. The third-order valence-electron chi connectivity index (χ3n) is 5.93. The van der Waals surface area contributed by atoms with Gasteiger partial charge in [-0.25, -0.2) is 18.7 Å². The van der Waals surface area contributed by atoms with Crippen LogP contribution in [0.3, 0.4) is 0 Å². The van der Waals surface area contributed by atoms with Crippen LogP contribution in [0.15, 0.2) is 48.8 Å². The van der Waals surface area contributed by atoms with Gasteiger partial charge >= 0.3 is 6.18 Å². The molecule has 3 N–H and O–H groups in total. The van der Waals surface area contributed by atoms with Crippen LogP contribution in [-0.2, 0) is 22.3 Å². The number of para-hydroxylation sites is 1. The molecule has 200 valence electrons. The standard InChI is InChI=1S/C25H22F5N5O3/c1-14-31-11-16(12-32-14)22(36)35-24(7-8-38-13-24)23(37)33-10-15-5-6-17(9-20(15)27)34-21-18(25(28,29)30)3-2-4-19(21)26/h2-6,9,11-12,34H,7-8,10,13H2,1H3,(H,33,37)(H,35,36). The van der Waals surface area contributed by atoms with Crippen LogP contribution in [0.2, 0.25) is 0 Å². The van der Waals surface area contributed by atoms with Crippen molar-refractivity contribution in [3.63, 3.8) is 0 Å². The molecule has 2 aromatic carbocycles. The summed E-state index contributed by atoms with van der Waals surface area (Å²) in [4.78, 5) is 33.6. The van der Waals surface area contributed by atoms with Crippen LogP contribution >= 0.6 is 0 Å². The van der Waals surface area contributed by atoms with Gasteiger partial charge in [0.1, 0.15) is 23.0 Å². The summed E-state index contributed by atoms with van der Waals surface area (Å²) in [5.74, 6) is -2.73. The van der Waals surface area contributed by atoms with Crippen molar-refractivity contribution in [2.24, 2.45) is 0 Å². The van der Waals surface area contributed by atoms with Gasteiger partial charge in [-0.1, -0.05) is 12.1 Å². The van der Waals surface area contributed by atoms with E-state index in [9.17, 15) is 31.5 Å². The molecule has 2 heterocycles. The number of carbonyl (C=O) groups excluding carboxylic acids is 2. The Balaban J connectivity index is 1.45. The third kappa shape index (κ3) is 5.88. The van der Waals surface area contributed by atoms with Crippen LogP contribution in [0.5, 0.6) is 0 Å². The van der Waals surface area contributed by atoms with Crippen molar-refractivity contribution in [3.8, 4) is 0 Å². The Labute approximate surface area is 213 Å². The fourth-order valence-electron chi connectivity index (χ4n) is 3.84. The summed E-state index contributed by atoms with van der Waals surface area (Å²) in [6, 6.07) is 5.87. The van der Waals surface area contributed by atoms with Crippen molar-refractivity contribution in [1.29, 1.82) is 0 Å². The zero-order valence-corrected chi connectivity index (χ0v) is 20.0. The Hall–Kier alpha value is -4.13. The van der Waals surface area contributed by atoms with Gasteiger partial charge in [0.2, 0.25) is 5.91 Å². The summed E-state index contributed by atoms with van der Waals surface area (Å²) in [6.07, 6.45) is -2.01. The minimum absolute atomic E-state index is 0.0146. The van der Waals surface area contributed by atoms with Crippen LogP contribution in [0.25, 0.3) is 0 Å². The lowest BCUT2D eigenvalue weighted by Gasteiger charge is -2.27. The SMILES string of the molecule is Cc1ncc(C(=O)NC2(C(=O)NCc3ccc(Nc4c(F)cccc4C(F)(F)F)cc3F)CCOC2)cn1. The second-order valence-electron chi connectivity index (χ2n) is 8.63. The second-order valence-corrected chi connectivity index (χ2v) is 8.63. The van der Waals surface area contributed by atoms with Gasteiger partial charge in [0.15, 0.2) is 0 Å². The molecule has 1 aliphatic heterocycles. The minimum Gasteiger partial charge on any atom is -0.378 e. The predicted octanol–water partition coefficient (Wildman–Crippen LogP) is 4.03. The molecule has 0 aliphatic carbocycles. The number of rotatable bonds is 7. The highest BCUT2D eigenvalue weighted by atomic mass is 19.4. The van der Waals surface area contributed by atoms with Gasteiger partial charge in [0.25, 0.3) is 5.91 Å². The summed E-state index contributed by atoms with van der Waals surface area (Å²) in [6.45, 7) is 1.47. The van der Waals surface area contributed by atoms with Crippen molar-refractivity contribution >= 4 is 23.2 Å². The molecule has 1 unspecified atom stereocenters. The smallest absolute Gasteiger partial charge is 0.378 e. The Bertz CT molecular complexity index is 1340. The summed E-state index contributed by atoms with van der Waals surface area (Å²) < 4.78 is 73.9. The van der Waals surface area contributed by atoms with Gasteiger partial charge in [-0.2, -0.15) is 13.2 Å². The van der Waals surface area contributed by atoms with Crippen LogP contribution in [-0.4, -0.2) is 40.5 Å². The van der Waals surface area contributed by atoms with E-state index < -0.39 is 46.4 Å². The van der Waals surface area contributed by atoms with Gasteiger partial charge < -0.3 is 20.7 Å². The number of carbonyl (C=O) groups is 2. The summed E-state index contributed by atoms with van der Waals surface area (Å²) in [5.41, 5.74) is -3.44. The minimum atomic E-state index is -4.82. The van der Waals surface area contributed by atoms with E-state index in [0.717, 1.165) is 18.2 Å². The molecule has 1 atom stereocenters. The Morgan fingerprint density at radius 1 is 1.08 bits per heavy atom. The van der Waals surface area contributed by atoms with E-state index in [1.807, 2.05) is 0 Å². The van der Waals surface area contributed by atoms with Crippen molar-refractivity contribution in [1.82, 2.24) is 20.6 Å². The molecule has 1 aliphatic rings. The van der Waals surface area contributed by atoms with Gasteiger partial charge in [-0.3, -0.25) is 9.59 Å². The van der Waals surface area contributed by atoms with Crippen LogP contribution in [0, 0.1) is 18.6 Å². The number of hydrogen-bond acceptors (Lipinski definition) is 6. The first-order chi connectivity index (χ1) is 18.0. The van der Waals surface area contributed by atoms with E-state index in [1.54, 1.807) is 6.92 Å². The first-order valence-corrected chi connectivity index (χ1v) is 11.4. The molecule has 4 rings (SSSR count). The van der Waals surface area contributed by atoms with E-state index in [0.29, 0.717) is 11.9 Å². The summed E-state index contributed by atoms with van der Waals surface area (Å²) in [7, 11) is 0. The summed E-state index contributed by atoms with van der Waals surface area (Å²) in [5, 5.41) is 7.49. The highest BCUT2D eigenvalue weighted by Gasteiger charge is 2.44. The van der Waals surface area contributed by atoms with Gasteiger partial charge in [-0.05, 0) is 31.2 Å². The highest BCUT2D eigenvalue weighted by molar-refractivity contribution is 5.99. The topological polar surface area (TPSA) is 105 Å². The van der Waals surface area contributed by atoms with E-state index in [4.69, 9.17) is 4.74 Å². The summed E-state index contributed by atoms with van der Waals surface area (Å²) >= 11 is 0. The van der Waals surface area contributed by atoms with E-state index in [-0.39, 0.29) is 43.0 Å². The van der Waals surface area contributed by atoms with Crippen LogP contribution < -0.4 is 16.0 Å². The fourth-order valence-corrected chi connectivity index (χ4v) is 3.84. The maximum Gasteiger partial charge on any atom is 0.418 e. The second kappa shape index (κ2) is 10.7. The molecule has 13 heteroatoms. The quantitative estimate of drug-likeness (QED) is 0.395. The number of benzene rings is 2. The lowest BCUT2D eigenvalue weighted by atomic mass is 9.96. The number of anilines is 2. The molecule has 0 spiro atoms. The zero-order valence-electron chi connectivity index (χ0n) is 20.0. The molecule has 0 saturated carbocycles. The lowest BCUT2D eigenvalue weighted by Crippen LogP contribution is -2.59. The van der Waals surface area contributed by atoms with Crippen LogP contribution in [0.1, 0.15) is 33.7 Å². The molecule has 1 fully saturated rings. The number of amides is 2. The third-order valence-corrected chi connectivity index (χ3v) is 5.93. The number of nitrogens with one attached hydrogen (secondary N) is 3. The molecule has 3 aromatic rings. The maximum absolute atomic E-state index is 14.8. The first-order valence-electron chi connectivity index (χ1n) is 11.4. The van der Waals surface area contributed by atoms with E-state index >= 15 is 0 Å². The number of hydrogen-bond donors (Lipinski definition) is 3. The van der Waals surface area contributed by atoms with Gasteiger partial charge in [0.05, 0.1) is 23.4 Å². The molecule has 38 heavy (non-hydrogen) atoms. The van der Waals surface area contributed by atoms with Gasteiger partial charge in [-0.15, -0.1) is 0 Å². The molecule has 1 saturated heterocycles. The van der Waals surface area contributed by atoms with Gasteiger partial charge in [0, 0.05) is 43.2 Å². The fraction of sp³-hybridized carbons (Fsp3) is 0.280. The van der Waals surface area contributed by atoms with Crippen LogP contribution in [0.4, 0.5) is 33.3 Å². The van der Waals surface area contributed by atoms with E-state index in [1.165, 1.54) is 24.5 Å². The molecular formula is C25H22F5N5O3. The number of ether oxygens (including phenoxy) is 1.